The first kappa shape index (κ1) is 39.1. The van der Waals surface area contributed by atoms with E-state index in [0.717, 1.165) is 64.9 Å². The molecule has 0 saturated carbocycles. The molecular formula is C41H50N10O6. The number of alkyl carbamates (subject to hydrolysis) is 2. The van der Waals surface area contributed by atoms with Crippen LogP contribution in [0.2, 0.25) is 0 Å². The highest BCUT2D eigenvalue weighted by Gasteiger charge is 2.39. The number of nitrogens with one attached hydrogen (secondary N) is 4. The summed E-state index contributed by atoms with van der Waals surface area (Å²) in [6.07, 6.45) is 7.29. The zero-order valence-corrected chi connectivity index (χ0v) is 33.1. The molecule has 2 aromatic carbocycles. The second kappa shape index (κ2) is 16.5. The summed E-state index contributed by atoms with van der Waals surface area (Å²) in [5.41, 5.74) is 6.09. The van der Waals surface area contributed by atoms with Crippen molar-refractivity contribution in [2.45, 2.75) is 77.5 Å². The number of hydrogen-bond donors (Lipinski definition) is 4. The van der Waals surface area contributed by atoms with E-state index in [1.807, 2.05) is 74.7 Å². The summed E-state index contributed by atoms with van der Waals surface area (Å²) in [5, 5.41) is 5.39. The van der Waals surface area contributed by atoms with Crippen LogP contribution in [0.3, 0.4) is 0 Å². The zero-order chi connectivity index (χ0) is 40.4. The maximum Gasteiger partial charge on any atom is 0.407 e. The lowest BCUT2D eigenvalue weighted by Gasteiger charge is -2.30. The Bertz CT molecular complexity index is 2240. The molecule has 0 unspecified atom stereocenters. The van der Waals surface area contributed by atoms with Crippen LogP contribution < -0.4 is 10.6 Å². The Morgan fingerprint density at radius 3 is 1.77 bits per heavy atom. The van der Waals surface area contributed by atoms with Crippen molar-refractivity contribution in [3.63, 3.8) is 0 Å². The molecule has 5 heterocycles. The minimum Gasteiger partial charge on any atom is -0.453 e. The van der Waals surface area contributed by atoms with Gasteiger partial charge in [0.15, 0.2) is 0 Å². The molecule has 300 valence electrons. The number of nitrogens with zero attached hydrogens (tertiary/aromatic N) is 6. The van der Waals surface area contributed by atoms with Crippen LogP contribution in [0.1, 0.15) is 77.1 Å². The molecule has 0 aliphatic carbocycles. The van der Waals surface area contributed by atoms with Gasteiger partial charge in [-0.3, -0.25) is 14.2 Å². The Labute approximate surface area is 330 Å². The van der Waals surface area contributed by atoms with Crippen molar-refractivity contribution in [1.29, 1.82) is 0 Å². The molecule has 2 saturated heterocycles. The average Bonchev–Trinajstić information content (AvgIpc) is 4.07. The first-order valence-corrected chi connectivity index (χ1v) is 19.5. The molecular weight excluding hydrogens is 729 g/mol. The first-order chi connectivity index (χ1) is 27.5. The monoisotopic (exact) mass is 778 g/mol. The number of imidazole rings is 3. The molecule has 57 heavy (non-hydrogen) atoms. The van der Waals surface area contributed by atoms with Gasteiger partial charge in [0.1, 0.15) is 30.1 Å². The predicted octanol–water partition coefficient (Wildman–Crippen LogP) is 5.89. The summed E-state index contributed by atoms with van der Waals surface area (Å²) in [5.74, 6) is 0.847. The second-order valence-electron chi connectivity index (χ2n) is 15.3. The number of carbonyl (C=O) groups excluding carboxylic acids is 4. The molecule has 16 heteroatoms. The van der Waals surface area contributed by atoms with Gasteiger partial charge in [-0.25, -0.2) is 24.5 Å². The van der Waals surface area contributed by atoms with Crippen molar-refractivity contribution < 1.29 is 28.7 Å². The number of rotatable bonds is 11. The maximum absolute atomic E-state index is 13.6. The summed E-state index contributed by atoms with van der Waals surface area (Å²) < 4.78 is 11.6. The summed E-state index contributed by atoms with van der Waals surface area (Å²) in [6, 6.07) is 12.2. The van der Waals surface area contributed by atoms with E-state index in [1.54, 1.807) is 28.5 Å². The fraction of sp³-hybridized carbons (Fsp3) is 0.439. The van der Waals surface area contributed by atoms with Gasteiger partial charge in [-0.15, -0.1) is 0 Å². The van der Waals surface area contributed by atoms with Crippen molar-refractivity contribution in [2.24, 2.45) is 11.8 Å². The molecule has 2 aliphatic rings. The van der Waals surface area contributed by atoms with Crippen LogP contribution in [0.15, 0.2) is 61.2 Å². The molecule has 0 bridgehead atoms. The summed E-state index contributed by atoms with van der Waals surface area (Å²) in [4.78, 5) is 75.9. The van der Waals surface area contributed by atoms with E-state index in [2.05, 4.69) is 25.6 Å². The molecule has 4 atom stereocenters. The minimum absolute atomic E-state index is 0.115. The van der Waals surface area contributed by atoms with Crippen molar-refractivity contribution >= 4 is 35.0 Å². The van der Waals surface area contributed by atoms with Crippen molar-refractivity contribution in [3.05, 3.63) is 72.8 Å². The first-order valence-electron chi connectivity index (χ1n) is 19.5. The summed E-state index contributed by atoms with van der Waals surface area (Å²) in [7, 11) is 2.57. The number of fused-ring (bicyclic) bond motifs is 1. The van der Waals surface area contributed by atoms with Gasteiger partial charge in [0, 0.05) is 24.3 Å². The Hall–Kier alpha value is -6.19. The number of methoxy groups -OCH3 is 2. The normalized spacial score (nSPS) is 18.0. The maximum atomic E-state index is 13.6. The molecule has 3 aromatic heterocycles. The number of para-hydroxylation sites is 1. The van der Waals surface area contributed by atoms with Crippen LogP contribution in [0.5, 0.6) is 0 Å². The SMILES string of the molecule is COC(=O)N[C@H](C(=O)N1CCC[C@H]1c1ncc(-c2ccc(-n3cnc4c(-c5cnc([C@@H]6CCCN6C(=O)[C@@H](NC(=O)OC)C(C)C)[nH]5)cccc43)cc2)[nH]1)C(C)C. The van der Waals surface area contributed by atoms with Crippen LogP contribution in [-0.2, 0) is 19.1 Å². The predicted molar refractivity (Wildman–Crippen MR) is 212 cm³/mol. The lowest BCUT2D eigenvalue weighted by atomic mass is 10.0. The van der Waals surface area contributed by atoms with Gasteiger partial charge in [0.25, 0.3) is 0 Å². The highest BCUT2D eigenvalue weighted by Crippen LogP contribution is 2.36. The molecule has 4 N–H and O–H groups in total. The van der Waals surface area contributed by atoms with Crippen LogP contribution in [-0.4, -0.2) is 103 Å². The van der Waals surface area contributed by atoms with E-state index in [-0.39, 0.29) is 35.7 Å². The minimum atomic E-state index is -0.710. The molecule has 4 amide bonds. The largest absolute Gasteiger partial charge is 0.453 e. The van der Waals surface area contributed by atoms with E-state index in [9.17, 15) is 19.2 Å². The van der Waals surface area contributed by atoms with Crippen LogP contribution in [0.25, 0.3) is 39.2 Å². The van der Waals surface area contributed by atoms with Gasteiger partial charge in [0.2, 0.25) is 11.8 Å². The van der Waals surface area contributed by atoms with Gasteiger partial charge >= 0.3 is 12.2 Å². The molecule has 2 aliphatic heterocycles. The van der Waals surface area contributed by atoms with Crippen molar-refractivity contribution in [3.8, 4) is 28.2 Å². The van der Waals surface area contributed by atoms with E-state index in [1.165, 1.54) is 14.2 Å². The van der Waals surface area contributed by atoms with Crippen LogP contribution in [0, 0.1) is 11.8 Å². The number of benzene rings is 2. The van der Waals surface area contributed by atoms with E-state index in [4.69, 9.17) is 19.4 Å². The number of aromatic amines is 2. The average molecular weight is 779 g/mol. The van der Waals surface area contributed by atoms with E-state index >= 15 is 0 Å². The van der Waals surface area contributed by atoms with Crippen LogP contribution in [0.4, 0.5) is 9.59 Å². The Balaban J connectivity index is 1.07. The van der Waals surface area contributed by atoms with Gasteiger partial charge in [-0.05, 0) is 61.3 Å². The number of hydrogen-bond acceptors (Lipinski definition) is 9. The van der Waals surface area contributed by atoms with Gasteiger partial charge in [-0.1, -0.05) is 52.0 Å². The number of likely N-dealkylation sites (tertiary alicyclic amines) is 2. The summed E-state index contributed by atoms with van der Waals surface area (Å²) >= 11 is 0. The van der Waals surface area contributed by atoms with Gasteiger partial charge in [0.05, 0.1) is 61.1 Å². The Kier molecular flexibility index (Phi) is 11.3. The summed E-state index contributed by atoms with van der Waals surface area (Å²) in [6.45, 7) is 8.74. The second-order valence-corrected chi connectivity index (χ2v) is 15.3. The number of amides is 4. The molecule has 2 fully saturated rings. The fourth-order valence-corrected chi connectivity index (χ4v) is 7.94. The quantitative estimate of drug-likeness (QED) is 0.127. The zero-order valence-electron chi connectivity index (χ0n) is 33.1. The number of H-pyrrole nitrogens is 2. The van der Waals surface area contributed by atoms with Gasteiger partial charge < -0.3 is 39.9 Å². The molecule has 0 radical (unpaired) electrons. The Morgan fingerprint density at radius 1 is 0.719 bits per heavy atom. The van der Waals surface area contributed by atoms with E-state index in [0.29, 0.717) is 24.7 Å². The third-order valence-electron chi connectivity index (χ3n) is 11.0. The highest BCUT2D eigenvalue weighted by atomic mass is 16.5. The number of aromatic nitrogens is 6. The fourth-order valence-electron chi connectivity index (χ4n) is 7.94. The molecule has 7 rings (SSSR count). The molecule has 0 spiro atoms. The van der Waals surface area contributed by atoms with Crippen LogP contribution >= 0.6 is 0 Å². The highest BCUT2D eigenvalue weighted by molar-refractivity contribution is 5.92. The van der Waals surface area contributed by atoms with Gasteiger partial charge in [-0.2, -0.15) is 0 Å². The third kappa shape index (κ3) is 7.80. The third-order valence-corrected chi connectivity index (χ3v) is 11.0. The van der Waals surface area contributed by atoms with Crippen molar-refractivity contribution in [1.82, 2.24) is 49.9 Å². The molecule has 16 nitrogen and oxygen atoms in total. The lowest BCUT2D eigenvalue weighted by Crippen LogP contribution is -2.51. The van der Waals surface area contributed by atoms with Crippen molar-refractivity contribution in [2.75, 3.05) is 27.3 Å². The Morgan fingerprint density at radius 2 is 1.25 bits per heavy atom. The van der Waals surface area contributed by atoms with E-state index < -0.39 is 24.3 Å². The molecule has 5 aromatic rings. The topological polar surface area (TPSA) is 192 Å². The number of carbonyl (C=O) groups is 4. The smallest absolute Gasteiger partial charge is 0.407 e. The standard InChI is InChI=1S/C41H50N10O6/c1-23(2)33(47-40(54)56-5)38(52)49-18-8-12-31(49)36-42-20-28(45-36)25-14-16-26(17-15-25)51-22-44-35-27(10-7-11-30(35)51)29-21-43-37(46-29)32-13-9-19-50(32)39(53)34(24(3)4)48-41(55)57-6/h7,10-11,14-17,20-24,31-34H,8-9,12-13,18-19H2,1-6H3,(H,42,45)(H,43,46)(H,47,54)(H,48,55)/t31-,32-,33-,34-/m0/s1. The lowest BCUT2D eigenvalue weighted by molar-refractivity contribution is -0.136. The number of ether oxygens (including phenoxy) is 2.